The van der Waals surface area contributed by atoms with E-state index in [0.717, 1.165) is 49.2 Å². The number of hydrogen-bond donors (Lipinski definition) is 2. The van der Waals surface area contributed by atoms with Gasteiger partial charge in [-0.1, -0.05) is 42.5 Å². The monoisotopic (exact) mass is 420 g/mol. The van der Waals surface area contributed by atoms with Gasteiger partial charge in [-0.3, -0.25) is 14.6 Å². The molecule has 1 aliphatic heterocycles. The second-order valence-corrected chi connectivity index (χ2v) is 8.00. The fourth-order valence-electron chi connectivity index (χ4n) is 4.03. The van der Waals surface area contributed by atoms with Crippen LogP contribution in [0.3, 0.4) is 0 Å². The maximum absolute atomic E-state index is 12.8. The Morgan fingerprint density at radius 3 is 2.45 bits per heavy atom. The number of methoxy groups -OCH3 is 1. The number of carbonyl (C=O) groups excluding carboxylic acids is 2. The van der Waals surface area contributed by atoms with Crippen LogP contribution >= 0.6 is 0 Å². The fraction of sp³-hybridized carbons (Fsp3) is 0.333. The molecular weight excluding hydrogens is 392 g/mol. The van der Waals surface area contributed by atoms with Crippen LogP contribution in [-0.2, 0) is 16.1 Å². The minimum absolute atomic E-state index is 0.136. The molecule has 0 atom stereocenters. The van der Waals surface area contributed by atoms with Gasteiger partial charge in [0.15, 0.2) is 0 Å². The van der Waals surface area contributed by atoms with E-state index in [1.807, 2.05) is 31.2 Å². The molecule has 3 aromatic rings. The Bertz CT molecular complexity index is 1070. The van der Waals surface area contributed by atoms with Gasteiger partial charge in [-0.05, 0) is 24.1 Å². The van der Waals surface area contributed by atoms with Crippen molar-refractivity contribution < 1.29 is 14.3 Å². The zero-order valence-corrected chi connectivity index (χ0v) is 18.0. The fourth-order valence-corrected chi connectivity index (χ4v) is 4.03. The predicted molar refractivity (Wildman–Crippen MR) is 121 cm³/mol. The van der Waals surface area contributed by atoms with Crippen LogP contribution < -0.4 is 5.32 Å². The van der Waals surface area contributed by atoms with Gasteiger partial charge in [-0.2, -0.15) is 0 Å². The van der Waals surface area contributed by atoms with E-state index in [4.69, 9.17) is 4.74 Å². The number of hydrogen-bond acceptors (Lipinski definition) is 5. The lowest BCUT2D eigenvalue weighted by Crippen LogP contribution is -2.48. The third-order valence-corrected chi connectivity index (χ3v) is 5.69. The molecule has 1 aromatic heterocycles. The third kappa shape index (κ3) is 4.95. The predicted octanol–water partition coefficient (Wildman–Crippen LogP) is 3.02. The van der Waals surface area contributed by atoms with Gasteiger partial charge < -0.3 is 15.0 Å². The Hall–Kier alpha value is -3.16. The molecule has 0 bridgehead atoms. The number of fused-ring (bicyclic) bond motifs is 1. The van der Waals surface area contributed by atoms with Crippen molar-refractivity contribution in [2.75, 3.05) is 45.2 Å². The number of aromatic amines is 1. The highest BCUT2D eigenvalue weighted by Crippen LogP contribution is 2.29. The number of nitrogens with zero attached hydrogens (tertiary/aromatic N) is 2. The Morgan fingerprint density at radius 1 is 1.03 bits per heavy atom. The first-order chi connectivity index (χ1) is 15.0. The quantitative estimate of drug-likeness (QED) is 0.600. The maximum atomic E-state index is 12.8. The smallest absolute Gasteiger partial charge is 0.356 e. The summed E-state index contributed by atoms with van der Waals surface area (Å²) in [6, 6.07) is 16.2. The number of amides is 1. The van der Waals surface area contributed by atoms with Crippen molar-refractivity contribution in [3.05, 3.63) is 65.4 Å². The molecule has 4 rings (SSSR count). The summed E-state index contributed by atoms with van der Waals surface area (Å²) in [6.45, 7) is 6.70. The van der Waals surface area contributed by atoms with Crippen LogP contribution in [0.1, 0.15) is 21.6 Å². The van der Waals surface area contributed by atoms with Gasteiger partial charge in [0.2, 0.25) is 5.91 Å². The molecule has 0 unspecified atom stereocenters. The average Bonchev–Trinajstić information content (AvgIpc) is 3.12. The summed E-state index contributed by atoms with van der Waals surface area (Å²) in [7, 11) is 1.33. The van der Waals surface area contributed by atoms with E-state index in [1.165, 1.54) is 12.7 Å². The molecule has 2 aromatic carbocycles. The topological polar surface area (TPSA) is 77.7 Å². The SMILES string of the molecule is COC(=O)c1[nH]c2cc(C)ccc2c1NC(=O)CN1CCN(Cc2ccccc2)CC1. The second-order valence-electron chi connectivity index (χ2n) is 8.00. The number of nitrogens with one attached hydrogen (secondary N) is 2. The minimum Gasteiger partial charge on any atom is -0.464 e. The molecular formula is C24H28N4O3. The molecule has 0 aliphatic carbocycles. The summed E-state index contributed by atoms with van der Waals surface area (Å²) in [5, 5.41) is 3.74. The number of rotatable bonds is 6. The Kier molecular flexibility index (Phi) is 6.34. The zero-order valence-electron chi connectivity index (χ0n) is 18.0. The van der Waals surface area contributed by atoms with E-state index < -0.39 is 5.97 Å². The van der Waals surface area contributed by atoms with E-state index in [0.29, 0.717) is 12.2 Å². The molecule has 0 saturated carbocycles. The first-order valence-electron chi connectivity index (χ1n) is 10.5. The number of ether oxygens (including phenoxy) is 1. The number of aryl methyl sites for hydroxylation is 1. The number of benzene rings is 2. The Morgan fingerprint density at radius 2 is 1.74 bits per heavy atom. The zero-order chi connectivity index (χ0) is 21.8. The summed E-state index contributed by atoms with van der Waals surface area (Å²) in [5.74, 6) is -0.637. The van der Waals surface area contributed by atoms with Crippen LogP contribution in [0.4, 0.5) is 5.69 Å². The number of aromatic nitrogens is 1. The van der Waals surface area contributed by atoms with Gasteiger partial charge in [0.1, 0.15) is 5.69 Å². The lowest BCUT2D eigenvalue weighted by molar-refractivity contribution is -0.117. The van der Waals surface area contributed by atoms with Crippen molar-refractivity contribution in [3.63, 3.8) is 0 Å². The number of esters is 1. The van der Waals surface area contributed by atoms with Crippen LogP contribution in [-0.4, -0.2) is 66.5 Å². The molecule has 0 spiro atoms. The molecule has 162 valence electrons. The van der Waals surface area contributed by atoms with Crippen LogP contribution in [0.25, 0.3) is 10.9 Å². The number of anilines is 1. The molecule has 0 radical (unpaired) electrons. The van der Waals surface area contributed by atoms with Gasteiger partial charge in [-0.15, -0.1) is 0 Å². The van der Waals surface area contributed by atoms with Crippen LogP contribution in [0.2, 0.25) is 0 Å². The Labute approximate surface area is 182 Å². The lowest BCUT2D eigenvalue weighted by Gasteiger charge is -2.34. The van der Waals surface area contributed by atoms with Gasteiger partial charge in [0.25, 0.3) is 0 Å². The highest BCUT2D eigenvalue weighted by Gasteiger charge is 2.23. The van der Waals surface area contributed by atoms with Crippen molar-refractivity contribution in [2.24, 2.45) is 0 Å². The van der Waals surface area contributed by atoms with Crippen LogP contribution in [0.5, 0.6) is 0 Å². The Balaban J connectivity index is 1.38. The minimum atomic E-state index is -0.501. The second kappa shape index (κ2) is 9.32. The molecule has 1 fully saturated rings. The van der Waals surface area contributed by atoms with E-state index in [9.17, 15) is 9.59 Å². The lowest BCUT2D eigenvalue weighted by atomic mass is 10.1. The third-order valence-electron chi connectivity index (χ3n) is 5.69. The van der Waals surface area contributed by atoms with E-state index in [1.54, 1.807) is 0 Å². The summed E-state index contributed by atoms with van der Waals surface area (Å²) in [6.07, 6.45) is 0. The summed E-state index contributed by atoms with van der Waals surface area (Å²) < 4.78 is 4.89. The van der Waals surface area contributed by atoms with Gasteiger partial charge in [0, 0.05) is 43.6 Å². The van der Waals surface area contributed by atoms with E-state index >= 15 is 0 Å². The first kappa shape index (κ1) is 21.1. The van der Waals surface area contributed by atoms with Crippen LogP contribution in [0, 0.1) is 6.92 Å². The van der Waals surface area contributed by atoms with Crippen molar-refractivity contribution in [1.29, 1.82) is 0 Å². The van der Waals surface area contributed by atoms with Gasteiger partial charge >= 0.3 is 5.97 Å². The molecule has 2 N–H and O–H groups in total. The molecule has 2 heterocycles. The molecule has 7 nitrogen and oxygen atoms in total. The normalized spacial score (nSPS) is 15.2. The maximum Gasteiger partial charge on any atom is 0.356 e. The summed E-state index contributed by atoms with van der Waals surface area (Å²) >= 11 is 0. The molecule has 1 aliphatic rings. The molecule has 1 amide bonds. The van der Waals surface area contributed by atoms with Gasteiger partial charge in [0.05, 0.1) is 19.3 Å². The number of carbonyl (C=O) groups is 2. The standard InChI is InChI=1S/C24H28N4O3/c1-17-8-9-19-20(14-17)25-23(24(30)31-2)22(19)26-21(29)16-28-12-10-27(11-13-28)15-18-6-4-3-5-7-18/h3-9,14,25H,10-13,15-16H2,1-2H3,(H,26,29). The first-order valence-corrected chi connectivity index (χ1v) is 10.5. The molecule has 1 saturated heterocycles. The highest BCUT2D eigenvalue weighted by atomic mass is 16.5. The largest absolute Gasteiger partial charge is 0.464 e. The molecule has 31 heavy (non-hydrogen) atoms. The van der Waals surface area contributed by atoms with Crippen molar-refractivity contribution in [1.82, 2.24) is 14.8 Å². The van der Waals surface area contributed by atoms with E-state index in [-0.39, 0.29) is 11.6 Å². The van der Waals surface area contributed by atoms with E-state index in [2.05, 4.69) is 44.4 Å². The molecule has 7 heteroatoms. The van der Waals surface area contributed by atoms with Crippen molar-refractivity contribution >= 4 is 28.5 Å². The summed E-state index contributed by atoms with van der Waals surface area (Å²) in [5.41, 5.74) is 3.92. The highest BCUT2D eigenvalue weighted by molar-refractivity contribution is 6.11. The number of H-pyrrole nitrogens is 1. The van der Waals surface area contributed by atoms with Gasteiger partial charge in [-0.25, -0.2) is 4.79 Å². The van der Waals surface area contributed by atoms with Crippen molar-refractivity contribution in [2.45, 2.75) is 13.5 Å². The van der Waals surface area contributed by atoms with Crippen LogP contribution in [0.15, 0.2) is 48.5 Å². The van der Waals surface area contributed by atoms with Crippen molar-refractivity contribution in [3.8, 4) is 0 Å². The summed E-state index contributed by atoms with van der Waals surface area (Å²) in [4.78, 5) is 32.7. The average molecular weight is 421 g/mol. The number of piperazine rings is 1.